The van der Waals surface area contributed by atoms with Crippen LogP contribution in [-0.4, -0.2) is 53.2 Å². The number of ether oxygens (including phenoxy) is 1. The number of amides is 1. The molecule has 0 saturated carbocycles. The molecular weight excluding hydrogens is 260 g/mol. The summed E-state index contributed by atoms with van der Waals surface area (Å²) in [6.07, 6.45) is 1.44. The summed E-state index contributed by atoms with van der Waals surface area (Å²) in [5.41, 5.74) is 1.42. The number of H-pyrrole nitrogens is 1. The zero-order chi connectivity index (χ0) is 14.1. The predicted octanol–water partition coefficient (Wildman–Crippen LogP) is 1.34. The Bertz CT molecular complexity index is 671. The molecule has 1 fully saturated rings. The van der Waals surface area contributed by atoms with Gasteiger partial charge in [-0.2, -0.15) is 0 Å². The van der Waals surface area contributed by atoms with E-state index in [1.807, 2.05) is 0 Å². The van der Waals surface area contributed by atoms with Crippen LogP contribution in [0.25, 0.3) is 10.9 Å². The third kappa shape index (κ3) is 2.14. The lowest BCUT2D eigenvalue weighted by Crippen LogP contribution is -2.40. The van der Waals surface area contributed by atoms with Crippen molar-refractivity contribution >= 4 is 22.8 Å². The van der Waals surface area contributed by atoms with Gasteiger partial charge in [-0.05, 0) is 12.1 Å². The van der Waals surface area contributed by atoms with Gasteiger partial charge in [-0.15, -0.1) is 0 Å². The van der Waals surface area contributed by atoms with E-state index in [1.165, 1.54) is 6.20 Å². The monoisotopic (exact) mass is 274 g/mol. The summed E-state index contributed by atoms with van der Waals surface area (Å²) in [4.78, 5) is 28.0. The fraction of sp³-hybridized carbons (Fsp3) is 0.286. The molecule has 2 heterocycles. The lowest BCUT2D eigenvalue weighted by molar-refractivity contribution is 0.0303. The maximum absolute atomic E-state index is 12.3. The van der Waals surface area contributed by atoms with Gasteiger partial charge >= 0.3 is 5.97 Å². The van der Waals surface area contributed by atoms with E-state index in [1.54, 1.807) is 23.1 Å². The molecule has 1 aromatic heterocycles. The molecule has 3 rings (SSSR count). The fourth-order valence-corrected chi connectivity index (χ4v) is 2.39. The van der Waals surface area contributed by atoms with Crippen molar-refractivity contribution in [3.8, 4) is 0 Å². The smallest absolute Gasteiger partial charge is 0.337 e. The number of fused-ring (bicyclic) bond motifs is 1. The van der Waals surface area contributed by atoms with Crippen molar-refractivity contribution in [1.29, 1.82) is 0 Å². The van der Waals surface area contributed by atoms with Gasteiger partial charge in [0.2, 0.25) is 0 Å². The van der Waals surface area contributed by atoms with Crippen LogP contribution in [0.3, 0.4) is 0 Å². The molecule has 1 aliphatic heterocycles. The molecule has 0 radical (unpaired) electrons. The Kier molecular flexibility index (Phi) is 3.15. The normalized spacial score (nSPS) is 15.5. The number of carboxylic acids is 1. The van der Waals surface area contributed by atoms with Crippen LogP contribution in [-0.2, 0) is 4.74 Å². The SMILES string of the molecule is O=C(O)c1c[nH]c2cc(C(=O)N3CCOCC3)ccc12. The average Bonchev–Trinajstić information content (AvgIpc) is 2.90. The molecule has 1 aromatic carbocycles. The zero-order valence-electron chi connectivity index (χ0n) is 10.8. The summed E-state index contributed by atoms with van der Waals surface area (Å²) in [5, 5.41) is 9.65. The van der Waals surface area contributed by atoms with Gasteiger partial charge < -0.3 is 19.7 Å². The van der Waals surface area contributed by atoms with Crippen molar-refractivity contribution in [3.63, 3.8) is 0 Å². The number of aromatic amines is 1. The minimum atomic E-state index is -0.983. The summed E-state index contributed by atoms with van der Waals surface area (Å²) in [5.74, 6) is -1.04. The Balaban J connectivity index is 1.92. The van der Waals surface area contributed by atoms with Crippen molar-refractivity contribution in [2.24, 2.45) is 0 Å². The van der Waals surface area contributed by atoms with Crippen LogP contribution in [0, 0.1) is 0 Å². The fourth-order valence-electron chi connectivity index (χ4n) is 2.39. The highest BCUT2D eigenvalue weighted by Gasteiger charge is 2.19. The van der Waals surface area contributed by atoms with E-state index in [0.717, 1.165) is 0 Å². The number of aromatic nitrogens is 1. The zero-order valence-corrected chi connectivity index (χ0v) is 10.8. The Morgan fingerprint density at radius 3 is 2.70 bits per heavy atom. The average molecular weight is 274 g/mol. The molecule has 0 aliphatic carbocycles. The number of carbonyl (C=O) groups excluding carboxylic acids is 1. The minimum Gasteiger partial charge on any atom is -0.478 e. The van der Waals surface area contributed by atoms with E-state index in [-0.39, 0.29) is 11.5 Å². The number of carboxylic acid groups (broad SMARTS) is 1. The summed E-state index contributed by atoms with van der Waals surface area (Å²) < 4.78 is 5.22. The molecule has 0 atom stereocenters. The molecule has 6 nitrogen and oxygen atoms in total. The second-order valence-corrected chi connectivity index (χ2v) is 4.67. The Morgan fingerprint density at radius 2 is 2.00 bits per heavy atom. The number of rotatable bonds is 2. The summed E-state index contributed by atoms with van der Waals surface area (Å²) in [7, 11) is 0. The Morgan fingerprint density at radius 1 is 1.25 bits per heavy atom. The summed E-state index contributed by atoms with van der Waals surface area (Å²) in [6.45, 7) is 2.28. The molecule has 6 heteroatoms. The highest BCUT2D eigenvalue weighted by Crippen LogP contribution is 2.20. The van der Waals surface area contributed by atoms with Crippen molar-refractivity contribution in [2.75, 3.05) is 26.3 Å². The van der Waals surface area contributed by atoms with Crippen molar-refractivity contribution in [2.45, 2.75) is 0 Å². The second kappa shape index (κ2) is 4.97. The second-order valence-electron chi connectivity index (χ2n) is 4.67. The molecule has 0 bridgehead atoms. The van der Waals surface area contributed by atoms with E-state index in [0.29, 0.717) is 42.8 Å². The molecule has 1 saturated heterocycles. The lowest BCUT2D eigenvalue weighted by Gasteiger charge is -2.26. The highest BCUT2D eigenvalue weighted by molar-refractivity contribution is 6.05. The molecule has 1 aliphatic rings. The maximum Gasteiger partial charge on any atom is 0.337 e. The van der Waals surface area contributed by atoms with E-state index in [2.05, 4.69) is 4.98 Å². The molecule has 2 N–H and O–H groups in total. The highest BCUT2D eigenvalue weighted by atomic mass is 16.5. The van der Waals surface area contributed by atoms with Crippen LogP contribution >= 0.6 is 0 Å². The van der Waals surface area contributed by atoms with Crippen LogP contribution in [0.15, 0.2) is 24.4 Å². The van der Waals surface area contributed by atoms with Crippen molar-refractivity contribution in [1.82, 2.24) is 9.88 Å². The van der Waals surface area contributed by atoms with Gasteiger partial charge in [0.1, 0.15) is 0 Å². The van der Waals surface area contributed by atoms with Crippen LogP contribution < -0.4 is 0 Å². The molecule has 104 valence electrons. The van der Waals surface area contributed by atoms with Crippen LogP contribution in [0.5, 0.6) is 0 Å². The number of morpholine rings is 1. The Labute approximate surface area is 114 Å². The van der Waals surface area contributed by atoms with Gasteiger partial charge in [0.25, 0.3) is 5.91 Å². The van der Waals surface area contributed by atoms with Gasteiger partial charge in [0.15, 0.2) is 0 Å². The quantitative estimate of drug-likeness (QED) is 0.865. The number of hydrogen-bond donors (Lipinski definition) is 2. The first-order valence-corrected chi connectivity index (χ1v) is 6.38. The molecule has 0 spiro atoms. The number of carbonyl (C=O) groups is 2. The van der Waals surface area contributed by atoms with E-state index in [9.17, 15) is 9.59 Å². The van der Waals surface area contributed by atoms with Gasteiger partial charge in [-0.25, -0.2) is 4.79 Å². The lowest BCUT2D eigenvalue weighted by atomic mass is 10.1. The van der Waals surface area contributed by atoms with Crippen LogP contribution in [0.4, 0.5) is 0 Å². The largest absolute Gasteiger partial charge is 0.478 e. The van der Waals surface area contributed by atoms with E-state index in [4.69, 9.17) is 9.84 Å². The number of nitrogens with zero attached hydrogens (tertiary/aromatic N) is 1. The number of benzene rings is 1. The third-order valence-electron chi connectivity index (χ3n) is 3.46. The van der Waals surface area contributed by atoms with Crippen molar-refractivity contribution < 1.29 is 19.4 Å². The molecule has 2 aromatic rings. The molecule has 1 amide bonds. The third-order valence-corrected chi connectivity index (χ3v) is 3.46. The van der Waals surface area contributed by atoms with Gasteiger partial charge in [0.05, 0.1) is 18.8 Å². The topological polar surface area (TPSA) is 82.6 Å². The first-order valence-electron chi connectivity index (χ1n) is 6.38. The molecule has 0 unspecified atom stereocenters. The predicted molar refractivity (Wildman–Crippen MR) is 72.0 cm³/mol. The van der Waals surface area contributed by atoms with Gasteiger partial charge in [0, 0.05) is 35.8 Å². The number of nitrogens with one attached hydrogen (secondary N) is 1. The Hall–Kier alpha value is -2.34. The van der Waals surface area contributed by atoms with Crippen LogP contribution in [0.1, 0.15) is 20.7 Å². The van der Waals surface area contributed by atoms with Crippen molar-refractivity contribution in [3.05, 3.63) is 35.5 Å². The minimum absolute atomic E-state index is 0.0540. The van der Waals surface area contributed by atoms with Gasteiger partial charge in [-0.3, -0.25) is 4.79 Å². The first kappa shape index (κ1) is 12.7. The molecule has 20 heavy (non-hydrogen) atoms. The standard InChI is InChI=1S/C14H14N2O4/c17-13(16-3-5-20-6-4-16)9-1-2-10-11(14(18)19)8-15-12(10)7-9/h1-2,7-8,15H,3-6H2,(H,18,19). The number of aromatic carboxylic acids is 1. The summed E-state index contributed by atoms with van der Waals surface area (Å²) in [6, 6.07) is 5.03. The first-order chi connectivity index (χ1) is 9.66. The molecular formula is C14H14N2O4. The number of hydrogen-bond acceptors (Lipinski definition) is 3. The van der Waals surface area contributed by atoms with Gasteiger partial charge in [-0.1, -0.05) is 6.07 Å². The van der Waals surface area contributed by atoms with E-state index >= 15 is 0 Å². The van der Waals surface area contributed by atoms with Crippen LogP contribution in [0.2, 0.25) is 0 Å². The van der Waals surface area contributed by atoms with E-state index < -0.39 is 5.97 Å². The maximum atomic E-state index is 12.3. The summed E-state index contributed by atoms with van der Waals surface area (Å²) >= 11 is 0.